The molecule has 0 fully saturated rings. The highest BCUT2D eigenvalue weighted by molar-refractivity contribution is 5.71. The van der Waals surface area contributed by atoms with Gasteiger partial charge in [-0.2, -0.15) is 0 Å². The minimum Gasteiger partial charge on any atom is -0.481 e. The summed E-state index contributed by atoms with van der Waals surface area (Å²) in [5.41, 5.74) is 0. The second-order valence-corrected chi connectivity index (χ2v) is 3.19. The van der Waals surface area contributed by atoms with E-state index in [2.05, 4.69) is 6.92 Å². The molecule has 0 rings (SSSR count). The molecule has 0 radical (unpaired) electrons. The molecule has 1 N–H and O–H groups in total. The zero-order chi connectivity index (χ0) is 11.6. The van der Waals surface area contributed by atoms with E-state index in [0.717, 1.165) is 19.8 Å². The predicted molar refractivity (Wildman–Crippen MR) is 54.0 cm³/mol. The number of aliphatic carboxylic acids is 1. The van der Waals surface area contributed by atoms with Gasteiger partial charge in [0.2, 0.25) is 0 Å². The molecular formula is C10H20O4. The molecule has 0 aromatic heterocycles. The molecular weight excluding hydrogens is 184 g/mol. The summed E-state index contributed by atoms with van der Waals surface area (Å²) >= 11 is 0. The highest BCUT2D eigenvalue weighted by atomic mass is 16.5. The molecule has 0 saturated heterocycles. The fourth-order valence-electron chi connectivity index (χ4n) is 0.484. The Balaban J connectivity index is 0. The largest absolute Gasteiger partial charge is 0.481 e. The molecule has 0 unspecified atom stereocenters. The molecule has 0 atom stereocenters. The lowest BCUT2D eigenvalue weighted by Gasteiger charge is -2.04. The van der Waals surface area contributed by atoms with Gasteiger partial charge in [0, 0.05) is 6.92 Å². The van der Waals surface area contributed by atoms with Crippen LogP contribution in [0.25, 0.3) is 0 Å². The molecule has 4 nitrogen and oxygen atoms in total. The average Bonchev–Trinajstić information content (AvgIpc) is 2.03. The molecule has 0 aliphatic heterocycles. The number of hydrogen-bond acceptors (Lipinski definition) is 3. The summed E-state index contributed by atoms with van der Waals surface area (Å²) in [6, 6.07) is 0. The van der Waals surface area contributed by atoms with Crippen molar-refractivity contribution in [2.24, 2.45) is 5.92 Å². The predicted octanol–water partition coefficient (Wildman–Crippen LogP) is 2.08. The maximum absolute atomic E-state index is 10.8. The van der Waals surface area contributed by atoms with Crippen molar-refractivity contribution in [1.29, 1.82) is 0 Å². The summed E-state index contributed by atoms with van der Waals surface area (Å²) in [6.07, 6.45) is 2.05. The van der Waals surface area contributed by atoms with Gasteiger partial charge in [0.25, 0.3) is 5.97 Å². The number of esters is 1. The molecule has 0 aromatic rings. The fourth-order valence-corrected chi connectivity index (χ4v) is 0.484. The lowest BCUT2D eigenvalue weighted by Crippen LogP contribution is -2.12. The maximum Gasteiger partial charge on any atom is 0.308 e. The number of carbonyl (C=O) groups excluding carboxylic acids is 1. The van der Waals surface area contributed by atoms with E-state index in [-0.39, 0.29) is 11.9 Å². The Bertz CT molecular complexity index is 160. The van der Waals surface area contributed by atoms with Crippen LogP contribution in [-0.2, 0) is 14.3 Å². The number of rotatable bonds is 4. The summed E-state index contributed by atoms with van der Waals surface area (Å²) in [6.45, 7) is 7.42. The van der Waals surface area contributed by atoms with E-state index in [9.17, 15) is 4.79 Å². The first-order chi connectivity index (χ1) is 6.41. The Labute approximate surface area is 85.3 Å². The number of unbranched alkanes of at least 4 members (excludes halogenated alkanes) is 1. The van der Waals surface area contributed by atoms with E-state index >= 15 is 0 Å². The number of carboxylic acids is 1. The highest BCUT2D eigenvalue weighted by Crippen LogP contribution is 1.97. The lowest BCUT2D eigenvalue weighted by atomic mass is 10.2. The Hall–Kier alpha value is -1.06. The molecule has 0 amide bonds. The average molecular weight is 204 g/mol. The topological polar surface area (TPSA) is 63.6 Å². The molecule has 0 aromatic carbocycles. The monoisotopic (exact) mass is 204 g/mol. The number of ether oxygens (including phenoxy) is 1. The number of carboxylic acid groups (broad SMARTS) is 1. The van der Waals surface area contributed by atoms with Crippen LogP contribution in [0, 0.1) is 5.92 Å². The second-order valence-electron chi connectivity index (χ2n) is 3.19. The van der Waals surface area contributed by atoms with E-state index in [4.69, 9.17) is 14.6 Å². The summed E-state index contributed by atoms with van der Waals surface area (Å²) in [4.78, 5) is 19.8. The maximum atomic E-state index is 10.8. The third-order valence-electron chi connectivity index (χ3n) is 1.21. The first-order valence-corrected chi connectivity index (χ1v) is 4.78. The van der Waals surface area contributed by atoms with Gasteiger partial charge in [0.05, 0.1) is 12.5 Å². The minimum atomic E-state index is -0.833. The molecule has 84 valence electrons. The summed E-state index contributed by atoms with van der Waals surface area (Å²) in [5.74, 6) is -0.912. The smallest absolute Gasteiger partial charge is 0.308 e. The number of hydrogen-bond donors (Lipinski definition) is 1. The van der Waals surface area contributed by atoms with Gasteiger partial charge >= 0.3 is 5.97 Å². The van der Waals surface area contributed by atoms with Crippen molar-refractivity contribution in [3.8, 4) is 0 Å². The van der Waals surface area contributed by atoms with Gasteiger partial charge in [-0.25, -0.2) is 0 Å². The van der Waals surface area contributed by atoms with Gasteiger partial charge < -0.3 is 9.84 Å². The van der Waals surface area contributed by atoms with E-state index in [1.165, 1.54) is 0 Å². The highest BCUT2D eigenvalue weighted by Gasteiger charge is 2.06. The van der Waals surface area contributed by atoms with Crippen molar-refractivity contribution < 1.29 is 19.4 Å². The molecule has 0 heterocycles. The summed E-state index contributed by atoms with van der Waals surface area (Å²) in [5, 5.41) is 7.42. The van der Waals surface area contributed by atoms with Crippen LogP contribution >= 0.6 is 0 Å². The van der Waals surface area contributed by atoms with Gasteiger partial charge in [-0.05, 0) is 6.42 Å². The first kappa shape index (κ1) is 15.4. The van der Waals surface area contributed by atoms with Crippen LogP contribution in [0.3, 0.4) is 0 Å². The molecule has 14 heavy (non-hydrogen) atoms. The first-order valence-electron chi connectivity index (χ1n) is 4.78. The zero-order valence-electron chi connectivity index (χ0n) is 9.37. The van der Waals surface area contributed by atoms with Crippen molar-refractivity contribution in [3.63, 3.8) is 0 Å². The van der Waals surface area contributed by atoms with Crippen LogP contribution in [0.4, 0.5) is 0 Å². The van der Waals surface area contributed by atoms with Crippen molar-refractivity contribution >= 4 is 11.9 Å². The normalized spacial score (nSPS) is 8.93. The molecule has 0 aliphatic rings. The van der Waals surface area contributed by atoms with Crippen molar-refractivity contribution in [2.75, 3.05) is 6.61 Å². The number of carbonyl (C=O) groups is 2. The van der Waals surface area contributed by atoms with Crippen LogP contribution in [0.15, 0.2) is 0 Å². The van der Waals surface area contributed by atoms with Crippen LogP contribution in [0.2, 0.25) is 0 Å². The minimum absolute atomic E-state index is 0.0110. The SMILES string of the molecule is CC(=O)O.CCCCOC(=O)C(C)C. The van der Waals surface area contributed by atoms with Crippen LogP contribution in [0.1, 0.15) is 40.5 Å². The van der Waals surface area contributed by atoms with Gasteiger partial charge in [-0.1, -0.05) is 27.2 Å². The molecule has 4 heteroatoms. The Kier molecular flexibility index (Phi) is 11.0. The van der Waals surface area contributed by atoms with E-state index in [1.807, 2.05) is 13.8 Å². The Morgan fingerprint density at radius 1 is 1.36 bits per heavy atom. The summed E-state index contributed by atoms with van der Waals surface area (Å²) < 4.78 is 4.90. The van der Waals surface area contributed by atoms with Crippen LogP contribution in [0.5, 0.6) is 0 Å². The van der Waals surface area contributed by atoms with Crippen LogP contribution < -0.4 is 0 Å². The molecule has 0 aliphatic carbocycles. The van der Waals surface area contributed by atoms with Gasteiger partial charge in [-0.15, -0.1) is 0 Å². The standard InChI is InChI=1S/C8H16O2.C2H4O2/c1-4-5-6-10-8(9)7(2)3;1-2(3)4/h7H,4-6H2,1-3H3;1H3,(H,3,4). The zero-order valence-corrected chi connectivity index (χ0v) is 9.37. The van der Waals surface area contributed by atoms with E-state index in [1.54, 1.807) is 0 Å². The molecule has 0 spiro atoms. The summed E-state index contributed by atoms with van der Waals surface area (Å²) in [7, 11) is 0. The van der Waals surface area contributed by atoms with Crippen molar-refractivity contribution in [2.45, 2.75) is 40.5 Å². The van der Waals surface area contributed by atoms with Gasteiger partial charge in [0.1, 0.15) is 0 Å². The van der Waals surface area contributed by atoms with Crippen molar-refractivity contribution in [1.82, 2.24) is 0 Å². The van der Waals surface area contributed by atoms with Gasteiger partial charge in [0.15, 0.2) is 0 Å². The van der Waals surface area contributed by atoms with Crippen molar-refractivity contribution in [3.05, 3.63) is 0 Å². The second kappa shape index (κ2) is 10.0. The lowest BCUT2D eigenvalue weighted by molar-refractivity contribution is -0.147. The Morgan fingerprint density at radius 3 is 2.07 bits per heavy atom. The van der Waals surface area contributed by atoms with Gasteiger partial charge in [-0.3, -0.25) is 9.59 Å². The third kappa shape index (κ3) is 17.1. The fraction of sp³-hybridized carbons (Fsp3) is 0.800. The molecule has 0 bridgehead atoms. The van der Waals surface area contributed by atoms with E-state index in [0.29, 0.717) is 6.61 Å². The molecule has 0 saturated carbocycles. The Morgan fingerprint density at radius 2 is 1.79 bits per heavy atom. The van der Waals surface area contributed by atoms with E-state index < -0.39 is 5.97 Å². The third-order valence-corrected chi connectivity index (χ3v) is 1.21. The quantitative estimate of drug-likeness (QED) is 0.562. The van der Waals surface area contributed by atoms with Crippen LogP contribution in [-0.4, -0.2) is 23.7 Å².